The van der Waals surface area contributed by atoms with Gasteiger partial charge in [0.15, 0.2) is 0 Å². The second-order valence-corrected chi connectivity index (χ2v) is 11.2. The first-order chi connectivity index (χ1) is 19.3. The van der Waals surface area contributed by atoms with Gasteiger partial charge in [-0.1, -0.05) is 5.92 Å². The Morgan fingerprint density at radius 1 is 1.07 bits per heavy atom. The molecule has 9 nitrogen and oxygen atoms in total. The van der Waals surface area contributed by atoms with Crippen molar-refractivity contribution < 1.29 is 14.6 Å². The average Bonchev–Trinajstić information content (AvgIpc) is 3.65. The van der Waals surface area contributed by atoms with Crippen LogP contribution in [0, 0.1) is 35.5 Å². The van der Waals surface area contributed by atoms with Crippen LogP contribution in [0.4, 0.5) is 5.82 Å². The van der Waals surface area contributed by atoms with Crippen LogP contribution in [-0.4, -0.2) is 56.1 Å². The van der Waals surface area contributed by atoms with Gasteiger partial charge in [0.1, 0.15) is 35.7 Å². The van der Waals surface area contributed by atoms with Gasteiger partial charge in [-0.05, 0) is 68.9 Å². The summed E-state index contributed by atoms with van der Waals surface area (Å²) in [6.45, 7) is 5.38. The number of hydrogen-bond acceptors (Lipinski definition) is 8. The van der Waals surface area contributed by atoms with E-state index in [1.165, 1.54) is 0 Å². The zero-order chi connectivity index (χ0) is 27.9. The van der Waals surface area contributed by atoms with E-state index in [1.807, 2.05) is 30.5 Å². The zero-order valence-corrected chi connectivity index (χ0v) is 22.5. The van der Waals surface area contributed by atoms with Crippen molar-refractivity contribution in [1.29, 1.82) is 5.26 Å². The fourth-order valence-electron chi connectivity index (χ4n) is 5.73. The van der Waals surface area contributed by atoms with Crippen LogP contribution in [0.15, 0.2) is 55.1 Å². The van der Waals surface area contributed by atoms with Gasteiger partial charge in [0.05, 0.1) is 41.4 Å². The lowest BCUT2D eigenvalue weighted by molar-refractivity contribution is 0.0283. The first-order valence-corrected chi connectivity index (χ1v) is 13.4. The van der Waals surface area contributed by atoms with E-state index in [9.17, 15) is 10.4 Å². The van der Waals surface area contributed by atoms with Crippen LogP contribution in [-0.2, 0) is 0 Å². The number of ether oxygens (including phenoxy) is 2. The number of terminal acetylenes is 1. The quantitative estimate of drug-likeness (QED) is 0.353. The number of pyridine rings is 3. The first kappa shape index (κ1) is 25.7. The molecule has 0 aromatic carbocycles. The molecule has 0 radical (unpaired) electrons. The van der Waals surface area contributed by atoms with Crippen molar-refractivity contribution in [2.24, 2.45) is 11.8 Å². The Bertz CT molecular complexity index is 1600. The summed E-state index contributed by atoms with van der Waals surface area (Å²) < 4.78 is 13.7. The number of nitriles is 1. The number of anilines is 1. The molecule has 6 rings (SSSR count). The van der Waals surface area contributed by atoms with Crippen LogP contribution in [0.5, 0.6) is 11.5 Å². The molecule has 1 saturated heterocycles. The highest BCUT2D eigenvalue weighted by Gasteiger charge is 2.42. The van der Waals surface area contributed by atoms with Crippen LogP contribution in [0.3, 0.4) is 0 Å². The van der Waals surface area contributed by atoms with Gasteiger partial charge >= 0.3 is 0 Å². The Labute approximate surface area is 233 Å². The highest BCUT2D eigenvalue weighted by atomic mass is 16.5. The van der Waals surface area contributed by atoms with Gasteiger partial charge in [0.2, 0.25) is 0 Å². The zero-order valence-electron chi connectivity index (χ0n) is 22.5. The lowest BCUT2D eigenvalue weighted by atomic mass is 10.0. The van der Waals surface area contributed by atoms with Gasteiger partial charge in [0, 0.05) is 30.4 Å². The molecule has 40 heavy (non-hydrogen) atoms. The molecule has 2 atom stereocenters. The summed E-state index contributed by atoms with van der Waals surface area (Å²) in [5.41, 5.74) is 2.45. The van der Waals surface area contributed by atoms with Gasteiger partial charge in [0.25, 0.3) is 0 Å². The van der Waals surface area contributed by atoms with Gasteiger partial charge in [-0.2, -0.15) is 10.4 Å². The van der Waals surface area contributed by atoms with Gasteiger partial charge in [-0.15, -0.1) is 6.42 Å². The van der Waals surface area contributed by atoms with E-state index in [2.05, 4.69) is 27.0 Å². The first-order valence-electron chi connectivity index (χ1n) is 13.4. The van der Waals surface area contributed by atoms with E-state index in [-0.39, 0.29) is 12.7 Å². The molecule has 4 aromatic heterocycles. The molecule has 1 aliphatic heterocycles. The molecule has 2 aliphatic rings. The van der Waals surface area contributed by atoms with Crippen LogP contribution in [0.1, 0.15) is 37.9 Å². The molecule has 1 N–H and O–H groups in total. The number of aromatic nitrogens is 4. The largest absolute Gasteiger partial charge is 0.489 e. The molecular weight excluding hydrogens is 504 g/mol. The standard InChI is InChI=1S/C31H30N6O3/c1-4-24-6-7-25(15-33-24)40-26-9-21-16-36(17-22(21)10-26)29-8-5-20(13-34-29)28-11-27(39-19-31(2,3)38)18-37-30(28)23(12-32)14-35-37/h1,5-8,11,13-15,18,21-22,26,38H,9-10,16-17,19H2,2-3H3. The molecule has 5 heterocycles. The summed E-state index contributed by atoms with van der Waals surface area (Å²) in [6, 6.07) is 11.9. The Morgan fingerprint density at radius 3 is 2.50 bits per heavy atom. The maximum Gasteiger partial charge on any atom is 0.138 e. The lowest BCUT2D eigenvalue weighted by Crippen LogP contribution is -2.27. The normalized spacial score (nSPS) is 20.2. The summed E-state index contributed by atoms with van der Waals surface area (Å²) >= 11 is 0. The third kappa shape index (κ3) is 5.16. The van der Waals surface area contributed by atoms with E-state index >= 15 is 0 Å². The smallest absolute Gasteiger partial charge is 0.138 e. The average molecular weight is 535 g/mol. The summed E-state index contributed by atoms with van der Waals surface area (Å²) in [6.07, 6.45) is 14.4. The molecule has 202 valence electrons. The molecule has 9 heteroatoms. The maximum atomic E-state index is 10.1. The summed E-state index contributed by atoms with van der Waals surface area (Å²) in [5, 5.41) is 24.1. The van der Waals surface area contributed by atoms with E-state index in [0.29, 0.717) is 34.4 Å². The molecule has 2 fully saturated rings. The number of rotatable bonds is 7. The van der Waals surface area contributed by atoms with E-state index < -0.39 is 5.60 Å². The highest BCUT2D eigenvalue weighted by molar-refractivity contribution is 5.85. The van der Waals surface area contributed by atoms with Crippen LogP contribution >= 0.6 is 0 Å². The molecular formula is C31H30N6O3. The third-order valence-electron chi connectivity index (χ3n) is 7.58. The van der Waals surface area contributed by atoms with Gasteiger partial charge < -0.3 is 19.5 Å². The molecule has 0 bridgehead atoms. The molecule has 1 saturated carbocycles. The van der Waals surface area contributed by atoms with E-state index in [1.54, 1.807) is 43.0 Å². The number of fused-ring (bicyclic) bond motifs is 2. The maximum absolute atomic E-state index is 10.1. The summed E-state index contributed by atoms with van der Waals surface area (Å²) in [5.74, 6) is 5.88. The SMILES string of the molecule is C#Cc1ccc(OC2CC3CN(c4ccc(-c5cc(OCC(C)(C)O)cn6ncc(C#N)c56)cn4)CC3C2)cn1. The van der Waals surface area contributed by atoms with Crippen LogP contribution < -0.4 is 14.4 Å². The summed E-state index contributed by atoms with van der Waals surface area (Å²) in [7, 11) is 0. The fourth-order valence-corrected chi connectivity index (χ4v) is 5.73. The predicted molar refractivity (Wildman–Crippen MR) is 150 cm³/mol. The minimum atomic E-state index is -0.981. The number of hydrogen-bond donors (Lipinski definition) is 1. The van der Waals surface area contributed by atoms with Crippen molar-refractivity contribution in [3.63, 3.8) is 0 Å². The molecule has 4 aromatic rings. The number of aliphatic hydroxyl groups is 1. The topological polar surface area (TPSA) is 109 Å². The van der Waals surface area contributed by atoms with Crippen molar-refractivity contribution in [1.82, 2.24) is 19.6 Å². The Morgan fingerprint density at radius 2 is 1.88 bits per heavy atom. The number of nitrogens with zero attached hydrogens (tertiary/aromatic N) is 6. The van der Waals surface area contributed by atoms with Crippen LogP contribution in [0.25, 0.3) is 16.6 Å². The summed E-state index contributed by atoms with van der Waals surface area (Å²) in [4.78, 5) is 11.4. The fraction of sp³-hybridized carbons (Fsp3) is 0.355. The minimum absolute atomic E-state index is 0.125. The van der Waals surface area contributed by atoms with Crippen molar-refractivity contribution in [3.05, 3.63) is 66.4 Å². The van der Waals surface area contributed by atoms with E-state index in [0.717, 1.165) is 48.6 Å². The molecule has 0 spiro atoms. The van der Waals surface area contributed by atoms with Crippen LogP contribution in [0.2, 0.25) is 0 Å². The van der Waals surface area contributed by atoms with Gasteiger partial charge in [-0.3, -0.25) is 0 Å². The van der Waals surface area contributed by atoms with E-state index in [4.69, 9.17) is 20.9 Å². The molecule has 1 aliphatic carbocycles. The van der Waals surface area contributed by atoms with Crippen molar-refractivity contribution >= 4 is 11.3 Å². The molecule has 0 amide bonds. The Kier molecular flexibility index (Phi) is 6.53. The lowest BCUT2D eigenvalue weighted by Gasteiger charge is -2.21. The van der Waals surface area contributed by atoms with Crippen molar-refractivity contribution in [3.8, 4) is 41.0 Å². The highest BCUT2D eigenvalue weighted by Crippen LogP contribution is 2.41. The monoisotopic (exact) mass is 534 g/mol. The Hall–Kier alpha value is -4.60. The molecule has 2 unspecified atom stereocenters. The predicted octanol–water partition coefficient (Wildman–Crippen LogP) is 4.09. The van der Waals surface area contributed by atoms with Gasteiger partial charge in [-0.25, -0.2) is 14.5 Å². The second kappa shape index (κ2) is 10.2. The third-order valence-corrected chi connectivity index (χ3v) is 7.58. The minimum Gasteiger partial charge on any atom is -0.489 e. The second-order valence-electron chi connectivity index (χ2n) is 11.2. The van der Waals surface area contributed by atoms with Crippen molar-refractivity contribution in [2.75, 3.05) is 24.6 Å². The Balaban J connectivity index is 1.16. The van der Waals surface area contributed by atoms with Crippen molar-refractivity contribution in [2.45, 2.75) is 38.4 Å².